The van der Waals surface area contributed by atoms with Crippen LogP contribution in [-0.4, -0.2) is 53.7 Å². The fourth-order valence-electron chi connectivity index (χ4n) is 3.00. The van der Waals surface area contributed by atoms with Crippen molar-refractivity contribution >= 4 is 10.0 Å². The largest absolute Gasteiger partial charge is 0.339 e. The Hall–Kier alpha value is -1.84. The summed E-state index contributed by atoms with van der Waals surface area (Å²) in [5.41, 5.74) is 2.15. The number of hydrogen-bond acceptors (Lipinski definition) is 7. The molecule has 1 aliphatic heterocycles. The Morgan fingerprint density at radius 2 is 2.08 bits per heavy atom. The fraction of sp³-hybridized carbons (Fsp3) is 0.588. The van der Waals surface area contributed by atoms with Crippen LogP contribution < -0.4 is 5.32 Å². The number of sulfonamides is 1. The van der Waals surface area contributed by atoms with Crippen molar-refractivity contribution in [1.29, 1.82) is 0 Å². The van der Waals surface area contributed by atoms with Gasteiger partial charge in [-0.15, -0.1) is 0 Å². The van der Waals surface area contributed by atoms with Gasteiger partial charge in [0.15, 0.2) is 5.82 Å². The molecular formula is C17H25N5O3S. The molecule has 0 unspecified atom stereocenters. The van der Waals surface area contributed by atoms with Gasteiger partial charge in [0.25, 0.3) is 0 Å². The smallest absolute Gasteiger partial charge is 0.227 e. The van der Waals surface area contributed by atoms with Gasteiger partial charge in [0.05, 0.1) is 11.9 Å². The highest BCUT2D eigenvalue weighted by Gasteiger charge is 2.28. The molecule has 26 heavy (non-hydrogen) atoms. The Kier molecular flexibility index (Phi) is 6.00. The predicted molar refractivity (Wildman–Crippen MR) is 97.1 cm³/mol. The second kappa shape index (κ2) is 8.24. The quantitative estimate of drug-likeness (QED) is 0.722. The first kappa shape index (κ1) is 18.9. The number of piperidine rings is 1. The van der Waals surface area contributed by atoms with Gasteiger partial charge in [0.2, 0.25) is 15.9 Å². The van der Waals surface area contributed by atoms with Crippen LogP contribution in [0.15, 0.2) is 22.9 Å². The van der Waals surface area contributed by atoms with E-state index in [4.69, 9.17) is 4.52 Å². The summed E-state index contributed by atoms with van der Waals surface area (Å²) in [7, 11) is -3.11. The van der Waals surface area contributed by atoms with Crippen molar-refractivity contribution in [3.63, 3.8) is 0 Å². The zero-order valence-electron chi connectivity index (χ0n) is 15.2. The molecule has 1 aliphatic rings. The van der Waals surface area contributed by atoms with Gasteiger partial charge in [-0.3, -0.25) is 4.98 Å². The lowest BCUT2D eigenvalue weighted by Gasteiger charge is -2.28. The molecule has 0 radical (unpaired) electrons. The van der Waals surface area contributed by atoms with E-state index in [1.807, 2.05) is 25.3 Å². The van der Waals surface area contributed by atoms with E-state index in [9.17, 15) is 8.42 Å². The highest BCUT2D eigenvalue weighted by molar-refractivity contribution is 7.88. The lowest BCUT2D eigenvalue weighted by atomic mass is 9.97. The molecule has 0 aromatic carbocycles. The van der Waals surface area contributed by atoms with E-state index in [1.54, 1.807) is 0 Å². The number of hydrogen-bond donors (Lipinski definition) is 1. The van der Waals surface area contributed by atoms with Crippen LogP contribution in [0.2, 0.25) is 0 Å². The molecule has 0 amide bonds. The Bertz CT molecular complexity index is 811. The summed E-state index contributed by atoms with van der Waals surface area (Å²) >= 11 is 0. The predicted octanol–water partition coefficient (Wildman–Crippen LogP) is 1.24. The summed E-state index contributed by atoms with van der Waals surface area (Å²) in [4.78, 5) is 8.83. The minimum Gasteiger partial charge on any atom is -0.339 e. The number of aryl methyl sites for hydroxylation is 1. The molecule has 0 saturated carbocycles. The Morgan fingerprint density at radius 1 is 1.31 bits per heavy atom. The highest BCUT2D eigenvalue weighted by Crippen LogP contribution is 2.26. The van der Waals surface area contributed by atoms with E-state index in [0.717, 1.165) is 30.6 Å². The first-order valence-corrected chi connectivity index (χ1v) is 10.7. The number of rotatable bonds is 7. The number of nitrogens with one attached hydrogen (secondary N) is 1. The summed E-state index contributed by atoms with van der Waals surface area (Å²) < 4.78 is 30.0. The molecule has 0 spiro atoms. The SMILES string of the molecule is Cc1ccc(CNCCc2nc(C3CCN(S(C)(=O)=O)CC3)no2)nc1. The monoisotopic (exact) mass is 379 g/mol. The van der Waals surface area contributed by atoms with Gasteiger partial charge in [-0.2, -0.15) is 4.98 Å². The second-order valence-corrected chi connectivity index (χ2v) is 8.72. The molecule has 0 aliphatic carbocycles. The molecule has 3 rings (SSSR count). The molecule has 0 atom stereocenters. The molecule has 1 saturated heterocycles. The third-order valence-electron chi connectivity index (χ3n) is 4.57. The minimum atomic E-state index is -3.11. The molecule has 8 nitrogen and oxygen atoms in total. The van der Waals surface area contributed by atoms with Crippen LogP contribution in [0.4, 0.5) is 0 Å². The first-order chi connectivity index (χ1) is 12.4. The summed E-state index contributed by atoms with van der Waals surface area (Å²) in [5.74, 6) is 1.46. The number of aromatic nitrogens is 3. The Balaban J connectivity index is 1.43. The maximum absolute atomic E-state index is 11.6. The molecule has 2 aromatic rings. The summed E-state index contributed by atoms with van der Waals surface area (Å²) in [6, 6.07) is 4.05. The van der Waals surface area contributed by atoms with Gasteiger partial charge in [0, 0.05) is 44.7 Å². The normalized spacial score (nSPS) is 16.8. The number of pyridine rings is 1. The van der Waals surface area contributed by atoms with Crippen molar-refractivity contribution in [2.24, 2.45) is 0 Å². The van der Waals surface area contributed by atoms with Crippen molar-refractivity contribution in [3.05, 3.63) is 41.3 Å². The number of nitrogens with zero attached hydrogens (tertiary/aromatic N) is 4. The molecule has 9 heteroatoms. The zero-order chi connectivity index (χ0) is 18.6. The van der Waals surface area contributed by atoms with E-state index in [2.05, 4.69) is 20.4 Å². The van der Waals surface area contributed by atoms with Crippen molar-refractivity contribution in [3.8, 4) is 0 Å². The van der Waals surface area contributed by atoms with Gasteiger partial charge >= 0.3 is 0 Å². The maximum atomic E-state index is 11.6. The van der Waals surface area contributed by atoms with Crippen molar-refractivity contribution in [2.75, 3.05) is 25.9 Å². The van der Waals surface area contributed by atoms with Crippen molar-refractivity contribution < 1.29 is 12.9 Å². The zero-order valence-corrected chi connectivity index (χ0v) is 16.0. The van der Waals surface area contributed by atoms with Gasteiger partial charge in [-0.1, -0.05) is 11.2 Å². The Labute approximate surface area is 154 Å². The first-order valence-electron chi connectivity index (χ1n) is 8.81. The van der Waals surface area contributed by atoms with Crippen LogP contribution in [0.5, 0.6) is 0 Å². The lowest BCUT2D eigenvalue weighted by Crippen LogP contribution is -2.37. The third-order valence-corrected chi connectivity index (χ3v) is 5.87. The molecule has 1 fully saturated rings. The molecule has 2 aromatic heterocycles. The van der Waals surface area contributed by atoms with E-state index >= 15 is 0 Å². The summed E-state index contributed by atoms with van der Waals surface area (Å²) in [6.07, 6.45) is 5.21. The van der Waals surface area contributed by atoms with Gasteiger partial charge < -0.3 is 9.84 Å². The highest BCUT2D eigenvalue weighted by atomic mass is 32.2. The maximum Gasteiger partial charge on any atom is 0.227 e. The fourth-order valence-corrected chi connectivity index (χ4v) is 3.87. The molecule has 1 N–H and O–H groups in total. The average molecular weight is 379 g/mol. The minimum absolute atomic E-state index is 0.162. The van der Waals surface area contributed by atoms with Crippen LogP contribution in [0.1, 0.15) is 41.7 Å². The van der Waals surface area contributed by atoms with Crippen LogP contribution in [-0.2, 0) is 23.0 Å². The van der Waals surface area contributed by atoms with Gasteiger partial charge in [-0.05, 0) is 31.4 Å². The van der Waals surface area contributed by atoms with Gasteiger partial charge in [0.1, 0.15) is 0 Å². The van der Waals surface area contributed by atoms with E-state index in [1.165, 1.54) is 10.6 Å². The van der Waals surface area contributed by atoms with Crippen molar-refractivity contribution in [2.45, 2.75) is 38.6 Å². The molecule has 142 valence electrons. The average Bonchev–Trinajstić information content (AvgIpc) is 3.09. The van der Waals surface area contributed by atoms with Gasteiger partial charge in [-0.25, -0.2) is 12.7 Å². The van der Waals surface area contributed by atoms with Crippen molar-refractivity contribution in [1.82, 2.24) is 24.7 Å². The summed E-state index contributed by atoms with van der Waals surface area (Å²) in [6.45, 7) is 4.47. The topological polar surface area (TPSA) is 101 Å². The van der Waals surface area contributed by atoms with Crippen LogP contribution in [0.25, 0.3) is 0 Å². The summed E-state index contributed by atoms with van der Waals surface area (Å²) in [5, 5.41) is 7.40. The van der Waals surface area contributed by atoms with E-state index in [-0.39, 0.29) is 5.92 Å². The van der Waals surface area contributed by atoms with E-state index < -0.39 is 10.0 Å². The second-order valence-electron chi connectivity index (χ2n) is 6.74. The standard InChI is InChI=1S/C17H25N5O3S/c1-13-3-4-15(19-11-13)12-18-8-5-16-20-17(21-25-16)14-6-9-22(10-7-14)26(2,23)24/h3-4,11,14,18H,5-10,12H2,1-2H3. The Morgan fingerprint density at radius 3 is 2.73 bits per heavy atom. The lowest BCUT2D eigenvalue weighted by molar-refractivity contribution is 0.306. The molecule has 0 bridgehead atoms. The van der Waals surface area contributed by atoms with E-state index in [0.29, 0.717) is 37.8 Å². The third kappa shape index (κ3) is 5.09. The molecule has 3 heterocycles. The van der Waals surface area contributed by atoms with Crippen LogP contribution in [0, 0.1) is 6.92 Å². The molecular weight excluding hydrogens is 354 g/mol. The van der Waals surface area contributed by atoms with Crippen LogP contribution >= 0.6 is 0 Å². The van der Waals surface area contributed by atoms with Crippen LogP contribution in [0.3, 0.4) is 0 Å².